The van der Waals surface area contributed by atoms with Crippen LogP contribution in [0.5, 0.6) is 0 Å². The molecule has 5 aliphatic heterocycles. The van der Waals surface area contributed by atoms with Gasteiger partial charge >= 0.3 is 0 Å². The van der Waals surface area contributed by atoms with Crippen molar-refractivity contribution in [2.24, 2.45) is 5.92 Å². The molecule has 5 amide bonds. The van der Waals surface area contributed by atoms with Crippen LogP contribution in [0.15, 0.2) is 42.9 Å². The van der Waals surface area contributed by atoms with E-state index in [9.17, 15) is 32.8 Å². The summed E-state index contributed by atoms with van der Waals surface area (Å²) < 4.78 is 43.6. The van der Waals surface area contributed by atoms with Crippen LogP contribution in [-0.2, 0) is 19.1 Å². The van der Waals surface area contributed by atoms with Crippen molar-refractivity contribution in [1.82, 2.24) is 39.5 Å². The number of benzene rings is 1. The number of nitrogens with zero attached hydrogens (tertiary/aromatic N) is 8. The Morgan fingerprint density at radius 3 is 2.56 bits per heavy atom. The summed E-state index contributed by atoms with van der Waals surface area (Å²) in [6.07, 6.45) is 9.27. The molecule has 3 aromatic heterocycles. The van der Waals surface area contributed by atoms with Gasteiger partial charge in [0.25, 0.3) is 24.1 Å². The van der Waals surface area contributed by atoms with Crippen LogP contribution in [0.3, 0.4) is 0 Å². The molecule has 64 heavy (non-hydrogen) atoms. The van der Waals surface area contributed by atoms with Crippen molar-refractivity contribution in [3.8, 4) is 0 Å². The quantitative estimate of drug-likeness (QED) is 0.120. The highest BCUT2D eigenvalue weighted by molar-refractivity contribution is 6.25. The van der Waals surface area contributed by atoms with Crippen LogP contribution >= 0.6 is 0 Å². The van der Waals surface area contributed by atoms with E-state index in [1.807, 2.05) is 6.07 Å². The van der Waals surface area contributed by atoms with E-state index in [0.29, 0.717) is 43.4 Å². The predicted molar refractivity (Wildman–Crippen MR) is 226 cm³/mol. The summed E-state index contributed by atoms with van der Waals surface area (Å²) in [6.45, 7) is 5.25. The van der Waals surface area contributed by atoms with Crippen molar-refractivity contribution < 1.29 is 42.2 Å². The van der Waals surface area contributed by atoms with Crippen molar-refractivity contribution in [3.05, 3.63) is 65.2 Å². The highest BCUT2D eigenvalue weighted by Gasteiger charge is 2.46. The van der Waals surface area contributed by atoms with Gasteiger partial charge in [0.05, 0.1) is 53.9 Å². The van der Waals surface area contributed by atoms with Gasteiger partial charge in [-0.15, -0.1) is 0 Å². The number of aromatic nitrogens is 5. The molecule has 1 saturated carbocycles. The topological polar surface area (TPSA) is 198 Å². The maximum absolute atomic E-state index is 14.3. The minimum Gasteiger partial charge on any atom is -0.384 e. The van der Waals surface area contributed by atoms with Crippen LogP contribution < -0.4 is 20.9 Å². The van der Waals surface area contributed by atoms with E-state index >= 15 is 0 Å². The number of nitrogens with one attached hydrogen (secondary N) is 3. The number of alkyl halides is 2. The molecule has 3 N–H and O–H groups in total. The molecule has 20 heteroatoms. The number of carbonyl (C=O) groups excluding carboxylic acids is 5. The first-order valence-electron chi connectivity index (χ1n) is 22.4. The maximum atomic E-state index is 14.3. The van der Waals surface area contributed by atoms with Crippen molar-refractivity contribution in [1.29, 1.82) is 0 Å². The summed E-state index contributed by atoms with van der Waals surface area (Å²) in [7, 11) is 0. The first-order valence-corrected chi connectivity index (χ1v) is 22.4. The second-order valence-corrected chi connectivity index (χ2v) is 17.8. The number of hydrogen-bond donors (Lipinski definition) is 3. The predicted octanol–water partition coefficient (Wildman–Crippen LogP) is 4.21. The minimum atomic E-state index is -2.87. The molecule has 5 fully saturated rings. The molecule has 1 aliphatic carbocycles. The number of anilines is 3. The van der Waals surface area contributed by atoms with E-state index in [0.717, 1.165) is 81.8 Å². The zero-order valence-corrected chi connectivity index (χ0v) is 35.3. The Hall–Kier alpha value is -5.86. The molecule has 3 atom stereocenters. The largest absolute Gasteiger partial charge is 0.384 e. The Morgan fingerprint density at radius 2 is 1.81 bits per heavy atom. The van der Waals surface area contributed by atoms with E-state index in [1.54, 1.807) is 29.1 Å². The van der Waals surface area contributed by atoms with E-state index in [4.69, 9.17) is 14.5 Å². The number of piperidine rings is 2. The molecule has 18 nitrogen and oxygen atoms in total. The number of amides is 5. The lowest BCUT2D eigenvalue weighted by atomic mass is 9.85. The van der Waals surface area contributed by atoms with Crippen LogP contribution in [0.4, 0.5) is 26.0 Å². The summed E-state index contributed by atoms with van der Waals surface area (Å²) in [5.74, 6) is -1.49. The van der Waals surface area contributed by atoms with Gasteiger partial charge < -0.3 is 29.9 Å². The first-order chi connectivity index (χ1) is 31.1. The van der Waals surface area contributed by atoms with Crippen LogP contribution in [0, 0.1) is 5.92 Å². The van der Waals surface area contributed by atoms with Crippen molar-refractivity contribution in [2.75, 3.05) is 61.5 Å². The van der Waals surface area contributed by atoms with Gasteiger partial charge in [-0.2, -0.15) is 10.2 Å². The van der Waals surface area contributed by atoms with Gasteiger partial charge in [0.15, 0.2) is 11.3 Å². The van der Waals surface area contributed by atoms with Crippen LogP contribution in [0.1, 0.15) is 113 Å². The SMILES string of the molecule is O=C1CCC(N2C(=O)c3cccc(NCCCOC4CCN(C[C@H]5CC[C@H](n6cc(NC(=O)c7cnn8ccc(N9C[C@H]%10C[C@@H]9CO%10)nc78)c(C(F)F)n6)CC5)CC4)c3C2=O)C(=O)N1. The standard InChI is InChI=1S/C44H51F2N11O7/c45-39(46)38-33(49-41(59)31-20-48-55-17-13-35(50-40(31)55)54-22-29-19-27(54)24-64-29)23-56(52-38)26-7-5-25(6-8-26)21-53-15-11-28(12-16-53)63-18-2-14-47-32-4-1-3-30-37(32)44(62)57(43(30)61)34-9-10-36(58)51-42(34)60/h1,3-4,13,17,20,23,25-29,34,39,47H,2,5-12,14-16,18-19,21-22,24H2,(H,49,59)(H,51,58,60)/t25-,26-,27-,29-,34?/m1/s1. The molecule has 0 radical (unpaired) electrons. The Kier molecular flexibility index (Phi) is 11.6. The number of imide groups is 2. The van der Waals surface area contributed by atoms with Crippen molar-refractivity contribution >= 4 is 52.4 Å². The number of ether oxygens (including phenoxy) is 2. The van der Waals surface area contributed by atoms with Gasteiger partial charge in [-0.25, -0.2) is 18.3 Å². The molecule has 4 aromatic rings. The smallest absolute Gasteiger partial charge is 0.284 e. The monoisotopic (exact) mass is 883 g/mol. The van der Waals surface area contributed by atoms with Gasteiger partial charge in [0.1, 0.15) is 17.4 Å². The summed E-state index contributed by atoms with van der Waals surface area (Å²) in [4.78, 5) is 74.5. The molecule has 8 heterocycles. The number of morpholine rings is 1. The summed E-state index contributed by atoms with van der Waals surface area (Å²) in [5, 5.41) is 16.7. The van der Waals surface area contributed by atoms with E-state index in [2.05, 4.69) is 35.9 Å². The Morgan fingerprint density at radius 1 is 0.984 bits per heavy atom. The van der Waals surface area contributed by atoms with Crippen LogP contribution in [0.2, 0.25) is 0 Å². The molecule has 0 spiro atoms. The number of carbonyl (C=O) groups is 5. The van der Waals surface area contributed by atoms with Gasteiger partial charge in [0, 0.05) is 63.8 Å². The Balaban J connectivity index is 0.657. The zero-order chi connectivity index (χ0) is 44.1. The third-order valence-electron chi connectivity index (χ3n) is 13.7. The second kappa shape index (κ2) is 17.6. The van der Waals surface area contributed by atoms with Gasteiger partial charge in [0.2, 0.25) is 11.8 Å². The van der Waals surface area contributed by atoms with Crippen molar-refractivity contribution in [2.45, 2.75) is 101 Å². The molecular formula is C44H51F2N11O7. The summed E-state index contributed by atoms with van der Waals surface area (Å²) >= 11 is 0. The van der Waals surface area contributed by atoms with E-state index in [-0.39, 0.29) is 59.5 Å². The molecule has 1 aromatic carbocycles. The van der Waals surface area contributed by atoms with Gasteiger partial charge in [-0.05, 0) is 81.9 Å². The fraction of sp³-hybridized carbons (Fsp3) is 0.545. The highest BCUT2D eigenvalue weighted by atomic mass is 19.3. The molecular weight excluding hydrogens is 833 g/mol. The molecule has 2 bridgehead atoms. The lowest BCUT2D eigenvalue weighted by Gasteiger charge is -2.36. The third-order valence-corrected chi connectivity index (χ3v) is 13.7. The number of likely N-dealkylation sites (tertiary alicyclic amines) is 1. The van der Waals surface area contributed by atoms with Gasteiger partial charge in [-0.3, -0.25) is 38.9 Å². The molecule has 6 aliphatic rings. The first kappa shape index (κ1) is 42.1. The summed E-state index contributed by atoms with van der Waals surface area (Å²) in [5.41, 5.74) is 1.07. The fourth-order valence-corrected chi connectivity index (χ4v) is 10.3. The van der Waals surface area contributed by atoms with E-state index < -0.39 is 47.7 Å². The maximum Gasteiger partial charge on any atom is 0.284 e. The molecule has 1 unspecified atom stereocenters. The number of hydrogen-bond acceptors (Lipinski definition) is 13. The average Bonchev–Trinajstić information content (AvgIpc) is 4.15. The lowest BCUT2D eigenvalue weighted by Crippen LogP contribution is -2.54. The Bertz CT molecular complexity index is 2460. The zero-order valence-electron chi connectivity index (χ0n) is 35.3. The number of rotatable bonds is 14. The number of halogens is 2. The average molecular weight is 884 g/mol. The summed E-state index contributed by atoms with van der Waals surface area (Å²) in [6, 6.07) is 6.05. The van der Waals surface area contributed by atoms with Crippen molar-refractivity contribution in [3.63, 3.8) is 0 Å². The third kappa shape index (κ3) is 8.22. The Labute approximate surface area is 367 Å². The second-order valence-electron chi connectivity index (χ2n) is 17.8. The highest BCUT2D eigenvalue weighted by Crippen LogP contribution is 2.37. The van der Waals surface area contributed by atoms with Crippen LogP contribution in [-0.4, -0.2) is 134 Å². The molecule has 10 rings (SSSR count). The van der Waals surface area contributed by atoms with Gasteiger partial charge in [-0.1, -0.05) is 6.07 Å². The lowest BCUT2D eigenvalue weighted by molar-refractivity contribution is -0.136. The minimum absolute atomic E-state index is 0.0124. The van der Waals surface area contributed by atoms with Crippen LogP contribution in [0.25, 0.3) is 5.65 Å². The fourth-order valence-electron chi connectivity index (χ4n) is 10.3. The normalized spacial score (nSPS) is 25.2. The number of fused-ring (bicyclic) bond motifs is 4. The van der Waals surface area contributed by atoms with E-state index in [1.165, 1.54) is 16.9 Å². The molecule has 4 saturated heterocycles. The molecule has 338 valence electrons.